The van der Waals surface area contributed by atoms with E-state index in [0.29, 0.717) is 48.1 Å². The molecule has 1 saturated heterocycles. The average molecular weight is 529 g/mol. The van der Waals surface area contributed by atoms with Gasteiger partial charge in [0.05, 0.1) is 12.3 Å². The molecule has 1 saturated carbocycles. The first kappa shape index (κ1) is 25.5. The van der Waals surface area contributed by atoms with Gasteiger partial charge in [-0.05, 0) is 63.6 Å². The standard InChI is InChI=1S/C29H36N8O2/c1-5-14-36-27(38)23-17-30-28(31-21-7-9-22(10-8-21)35-16-15-34(4)18-19(35)2)33-26(23)37(36)24-11-6-20-12-13-29(3,39)25(20)32-24/h5-10,17,19,24,39H,1,11-16,18H2,2-4H3,(H,30,31,33). The Labute approximate surface area is 228 Å². The van der Waals surface area contributed by atoms with Gasteiger partial charge in [0, 0.05) is 49.7 Å². The number of nitrogens with zero attached hydrogens (tertiary/aromatic N) is 7. The zero-order valence-corrected chi connectivity index (χ0v) is 22.8. The molecule has 3 aromatic rings. The molecule has 2 aliphatic heterocycles. The summed E-state index contributed by atoms with van der Waals surface area (Å²) in [5.74, 6) is 0.403. The minimum atomic E-state index is -0.965. The summed E-state index contributed by atoms with van der Waals surface area (Å²) in [7, 11) is 2.16. The normalized spacial score (nSPS) is 25.4. The monoisotopic (exact) mass is 528 g/mol. The molecule has 4 heterocycles. The number of rotatable bonds is 6. The lowest BCUT2D eigenvalue weighted by Crippen LogP contribution is -2.50. The van der Waals surface area contributed by atoms with Gasteiger partial charge in [-0.1, -0.05) is 12.2 Å². The van der Waals surface area contributed by atoms with Crippen molar-refractivity contribution in [1.29, 1.82) is 0 Å². The maximum Gasteiger partial charge on any atom is 0.278 e. The summed E-state index contributed by atoms with van der Waals surface area (Å²) < 4.78 is 3.44. The molecule has 0 amide bonds. The molecule has 2 fully saturated rings. The number of hydrogen-bond donors (Lipinski definition) is 2. The van der Waals surface area contributed by atoms with E-state index in [1.807, 2.05) is 16.8 Å². The number of allylic oxidation sites excluding steroid dienone is 1. The van der Waals surface area contributed by atoms with Gasteiger partial charge in [0.2, 0.25) is 5.95 Å². The zero-order chi connectivity index (χ0) is 27.3. The highest BCUT2D eigenvalue weighted by Crippen LogP contribution is 2.37. The maximum absolute atomic E-state index is 13.3. The van der Waals surface area contributed by atoms with Gasteiger partial charge in [0.25, 0.3) is 5.56 Å². The number of likely N-dealkylation sites (N-methyl/N-ethyl adjacent to an activating group) is 1. The first-order valence-corrected chi connectivity index (χ1v) is 13.7. The van der Waals surface area contributed by atoms with Crippen molar-refractivity contribution in [2.24, 2.45) is 4.99 Å². The molecule has 2 aromatic heterocycles. The van der Waals surface area contributed by atoms with Crippen molar-refractivity contribution in [2.45, 2.75) is 57.5 Å². The van der Waals surface area contributed by atoms with Crippen LogP contribution in [0.3, 0.4) is 0 Å². The summed E-state index contributed by atoms with van der Waals surface area (Å²) in [5, 5.41) is 14.6. The maximum atomic E-state index is 13.3. The molecule has 1 aromatic carbocycles. The number of hydrogen-bond acceptors (Lipinski definition) is 8. The number of benzene rings is 1. The predicted molar refractivity (Wildman–Crippen MR) is 155 cm³/mol. The Morgan fingerprint density at radius 3 is 2.79 bits per heavy atom. The van der Waals surface area contributed by atoms with E-state index in [0.717, 1.165) is 37.3 Å². The highest BCUT2D eigenvalue weighted by molar-refractivity contribution is 6.08. The molecule has 3 aliphatic rings. The fraction of sp³-hybridized carbons (Fsp3) is 0.448. The number of anilines is 3. The topological polar surface area (TPSA) is 104 Å². The van der Waals surface area contributed by atoms with E-state index in [4.69, 9.17) is 9.98 Å². The molecule has 3 unspecified atom stereocenters. The van der Waals surface area contributed by atoms with Gasteiger partial charge < -0.3 is 20.2 Å². The van der Waals surface area contributed by atoms with Crippen molar-refractivity contribution in [1.82, 2.24) is 24.2 Å². The molecular weight excluding hydrogens is 492 g/mol. The van der Waals surface area contributed by atoms with Crippen molar-refractivity contribution in [2.75, 3.05) is 36.9 Å². The summed E-state index contributed by atoms with van der Waals surface area (Å²) in [6, 6.07) is 8.76. The van der Waals surface area contributed by atoms with Crippen LogP contribution in [0.2, 0.25) is 0 Å². The number of piperazine rings is 1. The summed E-state index contributed by atoms with van der Waals surface area (Å²) in [6.07, 6.45) is 7.08. The van der Waals surface area contributed by atoms with Crippen LogP contribution in [0.1, 0.15) is 39.3 Å². The predicted octanol–water partition coefficient (Wildman–Crippen LogP) is 3.48. The molecule has 0 bridgehead atoms. The van der Waals surface area contributed by atoms with Crippen molar-refractivity contribution >= 4 is 34.1 Å². The van der Waals surface area contributed by atoms with E-state index in [1.165, 1.54) is 5.69 Å². The molecule has 204 valence electrons. The van der Waals surface area contributed by atoms with Crippen molar-refractivity contribution in [3.63, 3.8) is 0 Å². The largest absolute Gasteiger partial charge is 0.384 e. The van der Waals surface area contributed by atoms with Crippen molar-refractivity contribution in [3.8, 4) is 0 Å². The highest BCUT2D eigenvalue weighted by atomic mass is 16.3. The van der Waals surface area contributed by atoms with E-state index in [-0.39, 0.29) is 5.56 Å². The van der Waals surface area contributed by atoms with Gasteiger partial charge in [-0.25, -0.2) is 14.3 Å². The molecule has 10 heteroatoms. The Bertz CT molecular complexity index is 1530. The average Bonchev–Trinajstić information content (AvgIpc) is 3.37. The van der Waals surface area contributed by atoms with Crippen LogP contribution in [0.4, 0.5) is 17.3 Å². The van der Waals surface area contributed by atoms with Crippen molar-refractivity contribution in [3.05, 3.63) is 65.1 Å². The third-order valence-electron chi connectivity index (χ3n) is 8.13. The quantitative estimate of drug-likeness (QED) is 0.472. The fourth-order valence-corrected chi connectivity index (χ4v) is 6.08. The van der Waals surface area contributed by atoms with Crippen LogP contribution < -0.4 is 15.8 Å². The molecule has 39 heavy (non-hydrogen) atoms. The third-order valence-corrected chi connectivity index (χ3v) is 8.13. The minimum Gasteiger partial charge on any atom is -0.384 e. The lowest BCUT2D eigenvalue weighted by Gasteiger charge is -2.39. The molecule has 3 atom stereocenters. The second kappa shape index (κ2) is 9.77. The number of nitrogens with one attached hydrogen (secondary N) is 1. The minimum absolute atomic E-state index is 0.185. The van der Waals surface area contributed by atoms with Gasteiger partial charge in [-0.3, -0.25) is 9.79 Å². The molecule has 2 N–H and O–H groups in total. The summed E-state index contributed by atoms with van der Waals surface area (Å²) >= 11 is 0. The van der Waals surface area contributed by atoms with Gasteiger partial charge in [0.1, 0.15) is 17.2 Å². The molecule has 0 radical (unpaired) electrons. The lowest BCUT2D eigenvalue weighted by molar-refractivity contribution is 0.133. The Balaban J connectivity index is 1.32. The highest BCUT2D eigenvalue weighted by Gasteiger charge is 2.39. The van der Waals surface area contributed by atoms with Crippen LogP contribution in [0.25, 0.3) is 11.0 Å². The third kappa shape index (κ3) is 4.57. The van der Waals surface area contributed by atoms with E-state index < -0.39 is 11.8 Å². The van der Waals surface area contributed by atoms with Crippen LogP contribution in [0.5, 0.6) is 0 Å². The van der Waals surface area contributed by atoms with E-state index in [2.05, 4.69) is 58.9 Å². The summed E-state index contributed by atoms with van der Waals surface area (Å²) in [4.78, 5) is 32.3. The molecule has 6 rings (SSSR count). The number of aliphatic imine (C=N–C) groups is 1. The van der Waals surface area contributed by atoms with Crippen LogP contribution >= 0.6 is 0 Å². The van der Waals surface area contributed by atoms with Crippen molar-refractivity contribution < 1.29 is 5.11 Å². The Morgan fingerprint density at radius 1 is 1.26 bits per heavy atom. The number of dihydropyridines is 1. The Kier molecular flexibility index (Phi) is 6.39. The summed E-state index contributed by atoms with van der Waals surface area (Å²) in [5.41, 5.74) is 3.22. The van der Waals surface area contributed by atoms with Crippen LogP contribution in [-0.2, 0) is 6.54 Å². The van der Waals surface area contributed by atoms with E-state index >= 15 is 0 Å². The SMILES string of the molecule is C=CCn1c(=O)c2cnc(Nc3ccc(N4CCN(C)CC4C)cc3)nc2n1C1CC=C2CCC(C)(O)C2=N1. The second-order valence-corrected chi connectivity index (χ2v) is 11.1. The first-order chi connectivity index (χ1) is 18.7. The summed E-state index contributed by atoms with van der Waals surface area (Å²) in [6.45, 7) is 11.3. The Hall–Kier alpha value is -3.76. The lowest BCUT2D eigenvalue weighted by atomic mass is 10.00. The van der Waals surface area contributed by atoms with Crippen LogP contribution in [0.15, 0.2) is 64.6 Å². The molecule has 10 nitrogen and oxygen atoms in total. The van der Waals surface area contributed by atoms with E-state index in [1.54, 1.807) is 23.9 Å². The second-order valence-electron chi connectivity index (χ2n) is 11.1. The van der Waals surface area contributed by atoms with Gasteiger partial charge in [-0.2, -0.15) is 4.98 Å². The molecular formula is C29H36N8O2. The van der Waals surface area contributed by atoms with Crippen LogP contribution in [-0.4, -0.2) is 73.4 Å². The van der Waals surface area contributed by atoms with Gasteiger partial charge in [0.15, 0.2) is 5.65 Å². The first-order valence-electron chi connectivity index (χ1n) is 13.7. The molecule has 1 aliphatic carbocycles. The zero-order valence-electron chi connectivity index (χ0n) is 22.8. The smallest absolute Gasteiger partial charge is 0.278 e. The van der Waals surface area contributed by atoms with Crippen LogP contribution in [0, 0.1) is 0 Å². The van der Waals surface area contributed by atoms with Gasteiger partial charge >= 0.3 is 0 Å². The Morgan fingerprint density at radius 2 is 2.05 bits per heavy atom. The number of aliphatic hydroxyl groups is 1. The fourth-order valence-electron chi connectivity index (χ4n) is 6.08. The number of aromatic nitrogens is 4. The molecule has 0 spiro atoms. The van der Waals surface area contributed by atoms with E-state index in [9.17, 15) is 9.90 Å². The van der Waals surface area contributed by atoms with Gasteiger partial charge in [-0.15, -0.1) is 6.58 Å². The number of fused-ring (bicyclic) bond motifs is 2.